The highest BCUT2D eigenvalue weighted by atomic mass is 35.5. The van der Waals surface area contributed by atoms with Gasteiger partial charge in [0.25, 0.3) is 0 Å². The Morgan fingerprint density at radius 2 is 1.89 bits per heavy atom. The maximum atomic E-state index is 6.20. The van der Waals surface area contributed by atoms with Gasteiger partial charge in [0.2, 0.25) is 0 Å². The van der Waals surface area contributed by atoms with Crippen LogP contribution in [0.1, 0.15) is 29.7 Å². The van der Waals surface area contributed by atoms with Gasteiger partial charge in [-0.2, -0.15) is 0 Å². The summed E-state index contributed by atoms with van der Waals surface area (Å²) in [6.07, 6.45) is 0.798. The summed E-state index contributed by atoms with van der Waals surface area (Å²) in [6.45, 7) is 0. The van der Waals surface area contributed by atoms with E-state index in [1.807, 2.05) is 36.4 Å². The van der Waals surface area contributed by atoms with Crippen molar-refractivity contribution in [2.45, 2.75) is 18.6 Å². The average Bonchev–Trinajstić information content (AvgIpc) is 2.40. The molecule has 0 amide bonds. The van der Waals surface area contributed by atoms with Gasteiger partial charge in [-0.1, -0.05) is 41.9 Å². The van der Waals surface area contributed by atoms with Crippen LogP contribution in [0.2, 0.25) is 5.02 Å². The van der Waals surface area contributed by atoms with Crippen LogP contribution >= 0.6 is 11.6 Å². The van der Waals surface area contributed by atoms with Gasteiger partial charge in [-0.25, -0.2) is 0 Å². The first-order valence-electron chi connectivity index (χ1n) is 6.00. The Bertz CT molecular complexity index is 556. The molecule has 2 atom stereocenters. The van der Waals surface area contributed by atoms with E-state index in [2.05, 4.69) is 12.1 Å². The van der Waals surface area contributed by atoms with Gasteiger partial charge in [0.1, 0.15) is 11.9 Å². The standard InChI is InChI=1S/C15H14ClNO/c16-11-6-7-14-12(8-11)13(17)9-15(18-14)10-4-2-1-3-5-10/h1-8,13,15H,9,17H2/t13-,15?/m1/s1. The van der Waals surface area contributed by atoms with Crippen LogP contribution in [0.25, 0.3) is 0 Å². The zero-order valence-corrected chi connectivity index (χ0v) is 10.6. The zero-order valence-electron chi connectivity index (χ0n) is 9.84. The summed E-state index contributed by atoms with van der Waals surface area (Å²) in [6, 6.07) is 15.8. The molecule has 3 rings (SSSR count). The summed E-state index contributed by atoms with van der Waals surface area (Å²) in [5.74, 6) is 0.840. The molecule has 92 valence electrons. The molecule has 2 nitrogen and oxygen atoms in total. The van der Waals surface area contributed by atoms with Crippen molar-refractivity contribution in [2.24, 2.45) is 5.73 Å². The van der Waals surface area contributed by atoms with E-state index in [9.17, 15) is 0 Å². The van der Waals surface area contributed by atoms with Gasteiger partial charge in [0, 0.05) is 23.0 Å². The van der Waals surface area contributed by atoms with Gasteiger partial charge in [-0.15, -0.1) is 0 Å². The van der Waals surface area contributed by atoms with Crippen molar-refractivity contribution in [1.29, 1.82) is 0 Å². The van der Waals surface area contributed by atoms with Gasteiger partial charge in [-0.05, 0) is 23.8 Å². The van der Waals surface area contributed by atoms with Crippen molar-refractivity contribution in [1.82, 2.24) is 0 Å². The van der Waals surface area contributed by atoms with Crippen LogP contribution in [0, 0.1) is 0 Å². The molecule has 0 aromatic heterocycles. The second-order valence-electron chi connectivity index (χ2n) is 4.54. The highest BCUT2D eigenvalue weighted by Gasteiger charge is 2.26. The Balaban J connectivity index is 1.95. The summed E-state index contributed by atoms with van der Waals surface area (Å²) in [5.41, 5.74) is 8.36. The summed E-state index contributed by atoms with van der Waals surface area (Å²) < 4.78 is 6.00. The number of nitrogens with two attached hydrogens (primary N) is 1. The Morgan fingerprint density at radius 1 is 1.11 bits per heavy atom. The first-order valence-corrected chi connectivity index (χ1v) is 6.38. The topological polar surface area (TPSA) is 35.2 Å². The van der Waals surface area contributed by atoms with Gasteiger partial charge in [0.15, 0.2) is 0 Å². The molecule has 0 aliphatic carbocycles. The molecule has 3 heteroatoms. The Hall–Kier alpha value is -1.51. The van der Waals surface area contributed by atoms with Crippen LogP contribution in [0.3, 0.4) is 0 Å². The zero-order chi connectivity index (χ0) is 12.5. The second-order valence-corrected chi connectivity index (χ2v) is 4.98. The van der Waals surface area contributed by atoms with Crippen molar-refractivity contribution in [3.05, 3.63) is 64.7 Å². The average molecular weight is 260 g/mol. The number of rotatable bonds is 1. The molecule has 0 saturated carbocycles. The minimum atomic E-state index is -0.0299. The first kappa shape index (κ1) is 11.6. The molecule has 0 spiro atoms. The lowest BCUT2D eigenvalue weighted by molar-refractivity contribution is 0.161. The summed E-state index contributed by atoms with van der Waals surface area (Å²) in [4.78, 5) is 0. The number of hydrogen-bond acceptors (Lipinski definition) is 2. The third-order valence-electron chi connectivity index (χ3n) is 3.28. The second kappa shape index (κ2) is 4.63. The first-order chi connectivity index (χ1) is 8.74. The highest BCUT2D eigenvalue weighted by Crippen LogP contribution is 2.40. The Morgan fingerprint density at radius 3 is 2.67 bits per heavy atom. The largest absolute Gasteiger partial charge is 0.485 e. The summed E-state index contributed by atoms with van der Waals surface area (Å²) >= 11 is 5.98. The van der Waals surface area contributed by atoms with E-state index >= 15 is 0 Å². The lowest BCUT2D eigenvalue weighted by Gasteiger charge is -2.30. The molecule has 1 unspecified atom stereocenters. The van der Waals surface area contributed by atoms with E-state index in [0.29, 0.717) is 5.02 Å². The highest BCUT2D eigenvalue weighted by molar-refractivity contribution is 6.30. The summed E-state index contributed by atoms with van der Waals surface area (Å²) in [5, 5.41) is 0.700. The van der Waals surface area contributed by atoms with Gasteiger partial charge < -0.3 is 10.5 Å². The molecule has 18 heavy (non-hydrogen) atoms. The minimum absolute atomic E-state index is 0.0230. The Labute approximate surface area is 111 Å². The van der Waals surface area contributed by atoms with E-state index in [-0.39, 0.29) is 12.1 Å². The fourth-order valence-electron chi connectivity index (χ4n) is 2.35. The monoisotopic (exact) mass is 259 g/mol. The smallest absolute Gasteiger partial charge is 0.126 e. The molecule has 0 fully saturated rings. The van der Waals surface area contributed by atoms with E-state index in [0.717, 1.165) is 23.3 Å². The Kier molecular flexibility index (Phi) is 2.98. The number of benzene rings is 2. The predicted octanol–water partition coefficient (Wildman–Crippen LogP) is 3.86. The van der Waals surface area contributed by atoms with Crippen molar-refractivity contribution in [3.63, 3.8) is 0 Å². The van der Waals surface area contributed by atoms with Crippen molar-refractivity contribution >= 4 is 11.6 Å². The third kappa shape index (κ3) is 2.09. The van der Waals surface area contributed by atoms with Crippen LogP contribution in [0.5, 0.6) is 5.75 Å². The van der Waals surface area contributed by atoms with E-state index in [1.54, 1.807) is 0 Å². The van der Waals surface area contributed by atoms with Crippen molar-refractivity contribution < 1.29 is 4.74 Å². The number of ether oxygens (including phenoxy) is 1. The van der Waals surface area contributed by atoms with Crippen LogP contribution in [0.4, 0.5) is 0 Å². The van der Waals surface area contributed by atoms with Crippen LogP contribution < -0.4 is 10.5 Å². The van der Waals surface area contributed by atoms with Crippen LogP contribution in [0.15, 0.2) is 48.5 Å². The molecule has 2 aromatic rings. The molecule has 1 heterocycles. The number of hydrogen-bond donors (Lipinski definition) is 1. The lowest BCUT2D eigenvalue weighted by atomic mass is 9.94. The summed E-state index contributed by atoms with van der Waals surface area (Å²) in [7, 11) is 0. The molecule has 0 saturated heterocycles. The van der Waals surface area contributed by atoms with E-state index in [4.69, 9.17) is 22.1 Å². The number of halogens is 1. The SMILES string of the molecule is N[C@@H]1CC(c2ccccc2)Oc2ccc(Cl)cc21. The normalized spacial score (nSPS) is 22.1. The molecule has 0 bridgehead atoms. The fraction of sp³-hybridized carbons (Fsp3) is 0.200. The maximum Gasteiger partial charge on any atom is 0.126 e. The fourth-order valence-corrected chi connectivity index (χ4v) is 2.53. The molecule has 0 radical (unpaired) electrons. The van der Waals surface area contributed by atoms with Gasteiger partial charge in [-0.3, -0.25) is 0 Å². The molecular formula is C15H14ClNO. The van der Waals surface area contributed by atoms with Gasteiger partial charge >= 0.3 is 0 Å². The molecule has 1 aliphatic rings. The predicted molar refractivity (Wildman–Crippen MR) is 72.8 cm³/mol. The lowest BCUT2D eigenvalue weighted by Crippen LogP contribution is -2.24. The van der Waals surface area contributed by atoms with Crippen LogP contribution in [-0.4, -0.2) is 0 Å². The maximum absolute atomic E-state index is 6.20. The van der Waals surface area contributed by atoms with Crippen LogP contribution in [-0.2, 0) is 0 Å². The van der Waals surface area contributed by atoms with Crippen molar-refractivity contribution in [3.8, 4) is 5.75 Å². The number of fused-ring (bicyclic) bond motifs is 1. The molecule has 1 aliphatic heterocycles. The van der Waals surface area contributed by atoms with E-state index < -0.39 is 0 Å². The quantitative estimate of drug-likeness (QED) is 0.844. The van der Waals surface area contributed by atoms with Gasteiger partial charge in [0.05, 0.1) is 0 Å². The molecular weight excluding hydrogens is 246 g/mol. The third-order valence-corrected chi connectivity index (χ3v) is 3.51. The van der Waals surface area contributed by atoms with E-state index in [1.165, 1.54) is 0 Å². The minimum Gasteiger partial charge on any atom is -0.485 e. The van der Waals surface area contributed by atoms with Crippen molar-refractivity contribution in [2.75, 3.05) is 0 Å². The molecule has 2 aromatic carbocycles. The molecule has 2 N–H and O–H groups in total.